The molecule has 1 aliphatic rings. The van der Waals surface area contributed by atoms with Crippen molar-refractivity contribution in [1.82, 2.24) is 15.1 Å². The van der Waals surface area contributed by atoms with E-state index in [9.17, 15) is 4.79 Å². The first kappa shape index (κ1) is 15.2. The lowest BCUT2D eigenvalue weighted by Crippen LogP contribution is -2.26. The smallest absolute Gasteiger partial charge is 0.251 e. The summed E-state index contributed by atoms with van der Waals surface area (Å²) in [6.07, 6.45) is 4.43. The number of hydrogen-bond donors (Lipinski definition) is 1. The van der Waals surface area contributed by atoms with E-state index in [1.54, 1.807) is 25.4 Å². The number of aromatic nitrogens is 2. The second-order valence-corrected chi connectivity index (χ2v) is 5.08. The number of carbonyl (C=O) groups excluding carboxylic acids is 1. The van der Waals surface area contributed by atoms with Gasteiger partial charge >= 0.3 is 0 Å². The van der Waals surface area contributed by atoms with Crippen LogP contribution in [0.3, 0.4) is 0 Å². The molecule has 7 nitrogen and oxygen atoms in total. The van der Waals surface area contributed by atoms with Gasteiger partial charge < -0.3 is 19.5 Å². The number of aryl methyl sites for hydroxylation is 1. The van der Waals surface area contributed by atoms with Crippen molar-refractivity contribution >= 4 is 5.91 Å². The summed E-state index contributed by atoms with van der Waals surface area (Å²) in [5, 5.41) is 7.01. The Kier molecular flexibility index (Phi) is 4.65. The zero-order valence-corrected chi connectivity index (χ0v) is 12.9. The molecule has 7 heteroatoms. The number of rotatable bonds is 6. The Labute approximate surface area is 134 Å². The van der Waals surface area contributed by atoms with E-state index in [4.69, 9.17) is 14.2 Å². The normalized spacial score (nSPS) is 12.7. The van der Waals surface area contributed by atoms with E-state index in [-0.39, 0.29) is 5.91 Å². The lowest BCUT2D eigenvalue weighted by Gasteiger charge is -2.21. The van der Waals surface area contributed by atoms with Crippen LogP contribution in [0.2, 0.25) is 0 Å². The summed E-state index contributed by atoms with van der Waals surface area (Å²) in [4.78, 5) is 12.3. The summed E-state index contributed by atoms with van der Waals surface area (Å²) in [5.74, 6) is 1.43. The van der Waals surface area contributed by atoms with Gasteiger partial charge in [-0.3, -0.25) is 9.48 Å². The number of benzene rings is 1. The van der Waals surface area contributed by atoms with Gasteiger partial charge in [-0.2, -0.15) is 5.10 Å². The molecular formula is C16H19N3O4. The largest absolute Gasteiger partial charge is 0.493 e. The average Bonchev–Trinajstić information content (AvgIpc) is 3.11. The van der Waals surface area contributed by atoms with Crippen LogP contribution in [0.15, 0.2) is 30.6 Å². The third-order valence-corrected chi connectivity index (χ3v) is 3.50. The number of nitrogens with zero attached hydrogens (tertiary/aromatic N) is 2. The molecule has 1 aromatic heterocycles. The van der Waals surface area contributed by atoms with Crippen LogP contribution in [0.4, 0.5) is 0 Å². The summed E-state index contributed by atoms with van der Waals surface area (Å²) >= 11 is 0. The Hall–Kier alpha value is -2.70. The summed E-state index contributed by atoms with van der Waals surface area (Å²) in [6, 6.07) is 5.22. The highest BCUT2D eigenvalue weighted by molar-refractivity contribution is 5.95. The molecule has 0 saturated heterocycles. The third-order valence-electron chi connectivity index (χ3n) is 3.50. The molecule has 0 saturated carbocycles. The van der Waals surface area contributed by atoms with E-state index < -0.39 is 0 Å². The van der Waals surface area contributed by atoms with E-state index in [1.165, 1.54) is 0 Å². The van der Waals surface area contributed by atoms with Crippen LogP contribution < -0.4 is 19.5 Å². The monoisotopic (exact) mass is 317 g/mol. The van der Waals surface area contributed by atoms with Gasteiger partial charge in [0.25, 0.3) is 5.91 Å². The molecule has 0 aliphatic carbocycles. The van der Waals surface area contributed by atoms with Gasteiger partial charge in [-0.25, -0.2) is 0 Å². The molecule has 3 rings (SSSR count). The molecule has 23 heavy (non-hydrogen) atoms. The molecule has 1 amide bonds. The maximum Gasteiger partial charge on any atom is 0.251 e. The van der Waals surface area contributed by atoms with Crippen LogP contribution in [0.5, 0.6) is 17.2 Å². The van der Waals surface area contributed by atoms with E-state index in [2.05, 4.69) is 10.4 Å². The molecule has 0 atom stereocenters. The van der Waals surface area contributed by atoms with Crippen LogP contribution in [-0.2, 0) is 6.54 Å². The van der Waals surface area contributed by atoms with Crippen molar-refractivity contribution in [3.8, 4) is 17.2 Å². The first-order valence-corrected chi connectivity index (χ1v) is 7.51. The molecule has 122 valence electrons. The molecule has 1 N–H and O–H groups in total. The second-order valence-electron chi connectivity index (χ2n) is 5.08. The van der Waals surface area contributed by atoms with Crippen LogP contribution in [0, 0.1) is 0 Å². The predicted molar refractivity (Wildman–Crippen MR) is 83.2 cm³/mol. The van der Waals surface area contributed by atoms with Crippen molar-refractivity contribution in [3.05, 3.63) is 36.2 Å². The van der Waals surface area contributed by atoms with Gasteiger partial charge in [0, 0.05) is 31.0 Å². The van der Waals surface area contributed by atoms with E-state index >= 15 is 0 Å². The van der Waals surface area contributed by atoms with E-state index in [1.807, 2.05) is 16.9 Å². The van der Waals surface area contributed by atoms with Gasteiger partial charge in [-0.15, -0.1) is 0 Å². The second kappa shape index (κ2) is 7.04. The number of amides is 1. The highest BCUT2D eigenvalue weighted by Gasteiger charge is 2.20. The van der Waals surface area contributed by atoms with Crippen molar-refractivity contribution in [2.24, 2.45) is 0 Å². The molecule has 0 radical (unpaired) electrons. The van der Waals surface area contributed by atoms with Gasteiger partial charge in [0.05, 0.1) is 7.11 Å². The predicted octanol–water partition coefficient (Wildman–Crippen LogP) is 1.48. The van der Waals surface area contributed by atoms with Gasteiger partial charge in [0.15, 0.2) is 11.5 Å². The van der Waals surface area contributed by atoms with Gasteiger partial charge in [0.1, 0.15) is 13.2 Å². The van der Waals surface area contributed by atoms with Crippen LogP contribution in [-0.4, -0.2) is 42.6 Å². The Morgan fingerprint density at radius 3 is 3.04 bits per heavy atom. The fourth-order valence-electron chi connectivity index (χ4n) is 2.38. The minimum Gasteiger partial charge on any atom is -0.493 e. The Morgan fingerprint density at radius 2 is 2.26 bits per heavy atom. The molecule has 0 spiro atoms. The molecule has 0 fully saturated rings. The Balaban J connectivity index is 1.60. The topological polar surface area (TPSA) is 74.6 Å². The summed E-state index contributed by atoms with van der Waals surface area (Å²) in [5.41, 5.74) is 0.491. The summed E-state index contributed by atoms with van der Waals surface area (Å²) in [6.45, 7) is 2.26. The molecule has 2 aromatic rings. The van der Waals surface area contributed by atoms with Crippen molar-refractivity contribution in [2.45, 2.75) is 13.0 Å². The minimum absolute atomic E-state index is 0.166. The SMILES string of the molecule is COc1cc(C(=O)NCCCn2cccn2)cc2c1OCCO2. The number of ether oxygens (including phenoxy) is 3. The van der Waals surface area contributed by atoms with Crippen LogP contribution in [0.25, 0.3) is 0 Å². The number of fused-ring (bicyclic) bond motifs is 1. The average molecular weight is 317 g/mol. The zero-order chi connectivity index (χ0) is 16.1. The maximum atomic E-state index is 12.3. The van der Waals surface area contributed by atoms with Crippen LogP contribution >= 0.6 is 0 Å². The molecule has 2 heterocycles. The van der Waals surface area contributed by atoms with E-state index in [0.717, 1.165) is 13.0 Å². The summed E-state index contributed by atoms with van der Waals surface area (Å²) < 4.78 is 18.2. The first-order chi connectivity index (χ1) is 11.3. The molecule has 1 aromatic carbocycles. The minimum atomic E-state index is -0.166. The molecule has 0 bridgehead atoms. The molecule has 0 unspecified atom stereocenters. The molecular weight excluding hydrogens is 298 g/mol. The third kappa shape index (κ3) is 3.56. The van der Waals surface area contributed by atoms with Crippen molar-refractivity contribution in [2.75, 3.05) is 26.9 Å². The quantitative estimate of drug-likeness (QED) is 0.817. The van der Waals surface area contributed by atoms with Gasteiger partial charge in [0.2, 0.25) is 5.75 Å². The van der Waals surface area contributed by atoms with Crippen molar-refractivity contribution < 1.29 is 19.0 Å². The lowest BCUT2D eigenvalue weighted by atomic mass is 10.1. The lowest BCUT2D eigenvalue weighted by molar-refractivity contribution is 0.0950. The van der Waals surface area contributed by atoms with Gasteiger partial charge in [-0.05, 0) is 24.6 Å². The first-order valence-electron chi connectivity index (χ1n) is 7.51. The van der Waals surface area contributed by atoms with Crippen molar-refractivity contribution in [3.63, 3.8) is 0 Å². The van der Waals surface area contributed by atoms with Crippen LogP contribution in [0.1, 0.15) is 16.8 Å². The van der Waals surface area contributed by atoms with Crippen molar-refractivity contribution in [1.29, 1.82) is 0 Å². The van der Waals surface area contributed by atoms with E-state index in [0.29, 0.717) is 42.6 Å². The highest BCUT2D eigenvalue weighted by atomic mass is 16.6. The maximum absolute atomic E-state index is 12.3. The Bertz CT molecular complexity index is 653. The standard InChI is InChI=1S/C16H19N3O4/c1-21-13-10-12(11-14-15(13)23-9-8-22-14)16(20)17-4-2-6-19-7-3-5-18-19/h3,5,7,10-11H,2,4,6,8-9H2,1H3,(H,17,20). The fourth-order valence-corrected chi connectivity index (χ4v) is 2.38. The number of nitrogens with one attached hydrogen (secondary N) is 1. The number of methoxy groups -OCH3 is 1. The Morgan fingerprint density at radius 1 is 1.39 bits per heavy atom. The molecule has 1 aliphatic heterocycles. The fraction of sp³-hybridized carbons (Fsp3) is 0.375. The summed E-state index contributed by atoms with van der Waals surface area (Å²) in [7, 11) is 1.54. The number of hydrogen-bond acceptors (Lipinski definition) is 5. The van der Waals surface area contributed by atoms with Gasteiger partial charge in [-0.1, -0.05) is 0 Å². The highest BCUT2D eigenvalue weighted by Crippen LogP contribution is 2.40. The number of carbonyl (C=O) groups is 1. The zero-order valence-electron chi connectivity index (χ0n) is 12.9.